The summed E-state index contributed by atoms with van der Waals surface area (Å²) in [4.78, 5) is 0. The van der Waals surface area contributed by atoms with E-state index in [0.29, 0.717) is 23.9 Å². The summed E-state index contributed by atoms with van der Waals surface area (Å²) in [5.74, 6) is 2.02. The molecular formula is C16H22O3. The molecule has 0 spiro atoms. The van der Waals surface area contributed by atoms with E-state index in [0.717, 1.165) is 12.0 Å². The van der Waals surface area contributed by atoms with Crippen LogP contribution in [0.25, 0.3) is 0 Å². The van der Waals surface area contributed by atoms with Crippen molar-refractivity contribution in [3.63, 3.8) is 0 Å². The second-order valence-electron chi connectivity index (χ2n) is 4.37. The number of hydrogen-bond donors (Lipinski definition) is 0. The van der Waals surface area contributed by atoms with Gasteiger partial charge in [0.25, 0.3) is 0 Å². The zero-order valence-corrected chi connectivity index (χ0v) is 12.2. The molecule has 0 amide bonds. The smallest absolute Gasteiger partial charge is 0.204 e. The van der Waals surface area contributed by atoms with Crippen LogP contribution in [0.3, 0.4) is 0 Å². The molecule has 0 aliphatic heterocycles. The lowest BCUT2D eigenvalue weighted by Crippen LogP contribution is -2.02. The van der Waals surface area contributed by atoms with Crippen molar-refractivity contribution in [2.45, 2.75) is 20.3 Å². The maximum absolute atomic E-state index is 5.79. The average molecular weight is 262 g/mol. The Balaban J connectivity index is 3.11. The summed E-state index contributed by atoms with van der Waals surface area (Å²) in [7, 11) is 3.25. The molecule has 104 valence electrons. The highest BCUT2D eigenvalue weighted by atomic mass is 16.5. The zero-order valence-electron chi connectivity index (χ0n) is 12.2. The minimum Gasteiger partial charge on any atom is -0.493 e. The van der Waals surface area contributed by atoms with Crippen LogP contribution in [0.15, 0.2) is 36.4 Å². The van der Waals surface area contributed by atoms with Crippen molar-refractivity contribution in [2.75, 3.05) is 20.8 Å². The van der Waals surface area contributed by atoms with E-state index in [9.17, 15) is 0 Å². The fourth-order valence-corrected chi connectivity index (χ4v) is 1.71. The lowest BCUT2D eigenvalue weighted by molar-refractivity contribution is 0.299. The normalized spacial score (nSPS) is 9.68. The number of benzene rings is 1. The molecule has 1 aromatic rings. The molecule has 3 nitrogen and oxygen atoms in total. The molecule has 0 radical (unpaired) electrons. The fraction of sp³-hybridized carbons (Fsp3) is 0.375. The Morgan fingerprint density at radius 2 is 1.89 bits per heavy atom. The molecule has 0 saturated heterocycles. The number of ether oxygens (including phenoxy) is 3. The Kier molecular flexibility index (Phi) is 6.00. The van der Waals surface area contributed by atoms with Gasteiger partial charge in [-0.1, -0.05) is 17.7 Å². The van der Waals surface area contributed by atoms with E-state index < -0.39 is 0 Å². The van der Waals surface area contributed by atoms with Gasteiger partial charge in [0.2, 0.25) is 5.75 Å². The van der Waals surface area contributed by atoms with Crippen LogP contribution in [0.1, 0.15) is 19.4 Å². The Labute approximate surface area is 115 Å². The molecule has 3 heteroatoms. The molecule has 0 N–H and O–H groups in total. The number of hydrogen-bond acceptors (Lipinski definition) is 3. The van der Waals surface area contributed by atoms with Crippen molar-refractivity contribution in [1.82, 2.24) is 0 Å². The summed E-state index contributed by atoms with van der Waals surface area (Å²) in [5.41, 5.74) is 2.24. The Hall–Kier alpha value is -1.90. The van der Waals surface area contributed by atoms with Crippen molar-refractivity contribution in [3.8, 4) is 17.2 Å². The van der Waals surface area contributed by atoms with E-state index in [4.69, 9.17) is 14.2 Å². The van der Waals surface area contributed by atoms with Gasteiger partial charge >= 0.3 is 0 Å². The molecule has 0 fully saturated rings. The molecule has 0 unspecified atom stereocenters. The van der Waals surface area contributed by atoms with Crippen LogP contribution in [0, 0.1) is 0 Å². The Morgan fingerprint density at radius 3 is 2.42 bits per heavy atom. The van der Waals surface area contributed by atoms with E-state index >= 15 is 0 Å². The van der Waals surface area contributed by atoms with Crippen molar-refractivity contribution < 1.29 is 14.2 Å². The topological polar surface area (TPSA) is 27.7 Å². The van der Waals surface area contributed by atoms with E-state index in [2.05, 4.69) is 6.58 Å². The summed E-state index contributed by atoms with van der Waals surface area (Å²) >= 11 is 0. The summed E-state index contributed by atoms with van der Waals surface area (Å²) in [6.07, 6.45) is 4.58. The van der Waals surface area contributed by atoms with E-state index in [1.54, 1.807) is 14.2 Å². The maximum atomic E-state index is 5.79. The number of methoxy groups -OCH3 is 2. The predicted molar refractivity (Wildman–Crippen MR) is 78.4 cm³/mol. The summed E-state index contributed by atoms with van der Waals surface area (Å²) in [5, 5.41) is 0. The first-order valence-electron chi connectivity index (χ1n) is 6.25. The summed E-state index contributed by atoms with van der Waals surface area (Å²) in [6.45, 7) is 8.31. The van der Waals surface area contributed by atoms with Gasteiger partial charge < -0.3 is 14.2 Å². The Morgan fingerprint density at radius 1 is 1.16 bits per heavy atom. The van der Waals surface area contributed by atoms with Crippen molar-refractivity contribution in [1.29, 1.82) is 0 Å². The molecule has 0 saturated carbocycles. The average Bonchev–Trinajstić information content (AvgIpc) is 2.39. The van der Waals surface area contributed by atoms with Gasteiger partial charge in [0.1, 0.15) is 6.61 Å². The van der Waals surface area contributed by atoms with E-state index in [1.807, 2.05) is 38.1 Å². The molecule has 19 heavy (non-hydrogen) atoms. The van der Waals surface area contributed by atoms with Gasteiger partial charge in [0.15, 0.2) is 11.5 Å². The lowest BCUT2D eigenvalue weighted by Gasteiger charge is -2.16. The first-order chi connectivity index (χ1) is 9.13. The van der Waals surface area contributed by atoms with Gasteiger partial charge in [0, 0.05) is 5.56 Å². The molecule has 0 aliphatic carbocycles. The quantitative estimate of drug-likeness (QED) is 0.700. The largest absolute Gasteiger partial charge is 0.493 e. The van der Waals surface area contributed by atoms with Crippen LogP contribution >= 0.6 is 0 Å². The van der Waals surface area contributed by atoms with E-state index in [1.165, 1.54) is 5.57 Å². The first kappa shape index (κ1) is 15.2. The van der Waals surface area contributed by atoms with Crippen LogP contribution in [0.4, 0.5) is 0 Å². The van der Waals surface area contributed by atoms with Crippen LogP contribution in [0.2, 0.25) is 0 Å². The Bertz CT molecular complexity index is 457. The first-order valence-corrected chi connectivity index (χ1v) is 6.25. The highest BCUT2D eigenvalue weighted by molar-refractivity contribution is 5.56. The summed E-state index contributed by atoms with van der Waals surface area (Å²) in [6, 6.07) is 3.85. The van der Waals surface area contributed by atoms with Crippen LogP contribution < -0.4 is 14.2 Å². The molecule has 1 rings (SSSR count). The second kappa shape index (κ2) is 7.52. The van der Waals surface area contributed by atoms with Gasteiger partial charge in [-0.15, -0.1) is 6.58 Å². The van der Waals surface area contributed by atoms with Crippen molar-refractivity contribution in [3.05, 3.63) is 42.0 Å². The highest BCUT2D eigenvalue weighted by Gasteiger charge is 2.15. The SMILES string of the molecule is C=CCc1ccc(OC)c(OCC=C(C)C)c1OC. The molecule has 0 atom stereocenters. The fourth-order valence-electron chi connectivity index (χ4n) is 1.71. The maximum Gasteiger partial charge on any atom is 0.204 e. The van der Waals surface area contributed by atoms with E-state index in [-0.39, 0.29) is 0 Å². The molecule has 0 heterocycles. The number of rotatable bonds is 7. The van der Waals surface area contributed by atoms with Crippen LogP contribution in [-0.4, -0.2) is 20.8 Å². The molecule has 1 aromatic carbocycles. The molecular weight excluding hydrogens is 240 g/mol. The molecule has 0 bridgehead atoms. The van der Waals surface area contributed by atoms with Gasteiger partial charge in [0.05, 0.1) is 14.2 Å². The molecule has 0 aromatic heterocycles. The van der Waals surface area contributed by atoms with Gasteiger partial charge in [-0.25, -0.2) is 0 Å². The van der Waals surface area contributed by atoms with Crippen molar-refractivity contribution >= 4 is 0 Å². The van der Waals surface area contributed by atoms with Gasteiger partial charge in [-0.05, 0) is 32.4 Å². The standard InChI is InChI=1S/C16H22O3/c1-6-7-13-8-9-14(17-4)16(15(13)18-5)19-11-10-12(2)3/h6,8-10H,1,7,11H2,2-5H3. The third-order valence-corrected chi connectivity index (χ3v) is 2.67. The van der Waals surface area contributed by atoms with Crippen LogP contribution in [0.5, 0.6) is 17.2 Å². The summed E-state index contributed by atoms with van der Waals surface area (Å²) < 4.78 is 16.6. The number of allylic oxidation sites excluding steroid dienone is 2. The second-order valence-corrected chi connectivity index (χ2v) is 4.37. The predicted octanol–water partition coefficient (Wildman–Crippen LogP) is 3.78. The third-order valence-electron chi connectivity index (χ3n) is 2.67. The lowest BCUT2D eigenvalue weighted by atomic mass is 10.1. The minimum absolute atomic E-state index is 0.493. The van der Waals surface area contributed by atoms with Crippen molar-refractivity contribution in [2.24, 2.45) is 0 Å². The minimum atomic E-state index is 0.493. The van der Waals surface area contributed by atoms with Crippen LogP contribution in [-0.2, 0) is 6.42 Å². The van der Waals surface area contributed by atoms with Gasteiger partial charge in [-0.3, -0.25) is 0 Å². The highest BCUT2D eigenvalue weighted by Crippen LogP contribution is 2.40. The monoisotopic (exact) mass is 262 g/mol. The third kappa shape index (κ3) is 4.05. The zero-order chi connectivity index (χ0) is 14.3. The van der Waals surface area contributed by atoms with Gasteiger partial charge in [-0.2, -0.15) is 0 Å². The molecule has 0 aliphatic rings.